The highest BCUT2D eigenvalue weighted by Crippen LogP contribution is 2.31. The summed E-state index contributed by atoms with van der Waals surface area (Å²) in [5.74, 6) is 0.265. The zero-order valence-corrected chi connectivity index (χ0v) is 11.4. The van der Waals surface area contributed by atoms with Gasteiger partial charge < -0.3 is 10.1 Å². The molecule has 1 aromatic heterocycles. The molecule has 1 heterocycles. The highest BCUT2D eigenvalue weighted by molar-refractivity contribution is 5.83. The maximum atomic E-state index is 12.6. The number of anilines is 3. The summed E-state index contributed by atoms with van der Waals surface area (Å²) in [6.45, 7) is 0. The van der Waals surface area contributed by atoms with E-state index in [1.807, 2.05) is 0 Å². The molecule has 0 saturated heterocycles. The monoisotopic (exact) mass is 311 g/mol. The number of amides is 1. The Hall–Kier alpha value is -2.77. The van der Waals surface area contributed by atoms with E-state index >= 15 is 0 Å². The fraction of sp³-hybridized carbons (Fsp3) is 0.143. The topological polar surface area (TPSA) is 63.2 Å². The van der Waals surface area contributed by atoms with E-state index in [4.69, 9.17) is 0 Å². The van der Waals surface area contributed by atoms with Crippen LogP contribution in [0.4, 0.5) is 35.2 Å². The molecule has 0 atom stereocenters. The zero-order chi connectivity index (χ0) is 16.2. The molecule has 0 aliphatic carbocycles. The van der Waals surface area contributed by atoms with E-state index < -0.39 is 17.8 Å². The third-order valence-electron chi connectivity index (χ3n) is 2.66. The molecule has 1 amide bonds. The molecule has 0 aliphatic heterocycles. The zero-order valence-electron chi connectivity index (χ0n) is 11.4. The summed E-state index contributed by atoms with van der Waals surface area (Å²) >= 11 is 0. The number of benzene rings is 1. The molecule has 0 aliphatic rings. The van der Waals surface area contributed by atoms with E-state index in [2.05, 4.69) is 20.4 Å². The van der Waals surface area contributed by atoms with Crippen LogP contribution >= 0.6 is 0 Å². The molecular weight excluding hydrogens is 299 g/mol. The van der Waals surface area contributed by atoms with Crippen molar-refractivity contribution in [2.75, 3.05) is 17.7 Å². The van der Waals surface area contributed by atoms with Gasteiger partial charge in [-0.15, -0.1) is 0 Å². The summed E-state index contributed by atoms with van der Waals surface area (Å²) in [5, 5.41) is 5.17. The molecular formula is C14H12F3N3O2. The van der Waals surface area contributed by atoms with Gasteiger partial charge in [-0.05, 0) is 30.3 Å². The summed E-state index contributed by atoms with van der Waals surface area (Å²) in [4.78, 5) is 14.9. The minimum absolute atomic E-state index is 0.265. The minimum Gasteiger partial charge on any atom is -0.453 e. The molecule has 0 spiro atoms. The number of ether oxygens (including phenoxy) is 1. The van der Waals surface area contributed by atoms with Gasteiger partial charge in [0.05, 0.1) is 24.6 Å². The van der Waals surface area contributed by atoms with Gasteiger partial charge in [0, 0.05) is 5.69 Å². The van der Waals surface area contributed by atoms with Gasteiger partial charge in [0.2, 0.25) is 0 Å². The number of carbonyl (C=O) groups excluding carboxylic acids is 1. The highest BCUT2D eigenvalue weighted by Gasteiger charge is 2.30. The molecule has 1 aromatic carbocycles. The maximum Gasteiger partial charge on any atom is 0.416 e. The van der Waals surface area contributed by atoms with Crippen LogP contribution in [-0.2, 0) is 10.9 Å². The van der Waals surface area contributed by atoms with Crippen molar-refractivity contribution in [3.05, 3.63) is 48.2 Å². The van der Waals surface area contributed by atoms with Crippen molar-refractivity contribution in [3.63, 3.8) is 0 Å². The van der Waals surface area contributed by atoms with Crippen molar-refractivity contribution in [2.24, 2.45) is 0 Å². The van der Waals surface area contributed by atoms with Crippen LogP contribution < -0.4 is 10.6 Å². The third-order valence-corrected chi connectivity index (χ3v) is 2.66. The van der Waals surface area contributed by atoms with E-state index in [9.17, 15) is 18.0 Å². The number of rotatable bonds is 3. The van der Waals surface area contributed by atoms with E-state index in [1.54, 1.807) is 6.07 Å². The van der Waals surface area contributed by atoms with Crippen LogP contribution in [0.15, 0.2) is 42.6 Å². The molecule has 5 nitrogen and oxygen atoms in total. The van der Waals surface area contributed by atoms with Gasteiger partial charge in [0.15, 0.2) is 0 Å². The molecule has 0 radical (unpaired) electrons. The number of pyridine rings is 1. The van der Waals surface area contributed by atoms with Crippen LogP contribution in [0.2, 0.25) is 0 Å². The molecule has 0 fully saturated rings. The quantitative estimate of drug-likeness (QED) is 0.898. The predicted octanol–water partition coefficient (Wildman–Crippen LogP) is 4.02. The lowest BCUT2D eigenvalue weighted by Crippen LogP contribution is -2.11. The molecule has 2 N–H and O–H groups in total. The number of nitrogens with one attached hydrogen (secondary N) is 2. The second kappa shape index (κ2) is 6.33. The van der Waals surface area contributed by atoms with Crippen LogP contribution in [0.3, 0.4) is 0 Å². The molecule has 0 unspecified atom stereocenters. The number of hydrogen-bond acceptors (Lipinski definition) is 4. The summed E-state index contributed by atoms with van der Waals surface area (Å²) in [6, 6.07) is 7.88. The Kier molecular flexibility index (Phi) is 4.50. The number of aromatic nitrogens is 1. The summed E-state index contributed by atoms with van der Waals surface area (Å²) < 4.78 is 42.3. The number of nitrogens with zero attached hydrogens (tertiary/aromatic N) is 1. The van der Waals surface area contributed by atoms with E-state index in [-0.39, 0.29) is 11.5 Å². The van der Waals surface area contributed by atoms with Gasteiger partial charge in [-0.25, -0.2) is 9.78 Å². The van der Waals surface area contributed by atoms with Gasteiger partial charge >= 0.3 is 12.3 Å². The average molecular weight is 311 g/mol. The lowest BCUT2D eigenvalue weighted by molar-refractivity contribution is -0.137. The second-order valence-electron chi connectivity index (χ2n) is 4.25. The first-order chi connectivity index (χ1) is 10.4. The van der Waals surface area contributed by atoms with Gasteiger partial charge in [-0.2, -0.15) is 13.2 Å². The minimum atomic E-state index is -4.40. The van der Waals surface area contributed by atoms with Crippen LogP contribution in [0.5, 0.6) is 0 Å². The number of carbonyl (C=O) groups is 1. The van der Waals surface area contributed by atoms with Crippen molar-refractivity contribution >= 4 is 23.3 Å². The second-order valence-corrected chi connectivity index (χ2v) is 4.25. The van der Waals surface area contributed by atoms with E-state index in [0.717, 1.165) is 12.1 Å². The largest absolute Gasteiger partial charge is 0.453 e. The number of hydrogen-bond donors (Lipinski definition) is 2. The van der Waals surface area contributed by atoms with Crippen molar-refractivity contribution in [1.82, 2.24) is 4.98 Å². The number of methoxy groups -OCH3 is 1. The van der Waals surface area contributed by atoms with Crippen LogP contribution in [-0.4, -0.2) is 18.2 Å². The Morgan fingerprint density at radius 2 is 1.95 bits per heavy atom. The normalized spacial score (nSPS) is 10.9. The van der Waals surface area contributed by atoms with Crippen molar-refractivity contribution in [2.45, 2.75) is 6.18 Å². The SMILES string of the molecule is COC(=O)Nc1ccc(Nc2cccc(C(F)(F)F)c2)cn1. The summed E-state index contributed by atoms with van der Waals surface area (Å²) in [7, 11) is 1.22. The van der Waals surface area contributed by atoms with E-state index in [0.29, 0.717) is 5.69 Å². The molecule has 2 aromatic rings. The van der Waals surface area contributed by atoms with Crippen molar-refractivity contribution < 1.29 is 22.7 Å². The first-order valence-corrected chi connectivity index (χ1v) is 6.14. The fourth-order valence-corrected chi connectivity index (χ4v) is 1.64. The Morgan fingerprint density at radius 1 is 1.18 bits per heavy atom. The molecule has 0 bridgehead atoms. The molecule has 22 heavy (non-hydrogen) atoms. The predicted molar refractivity (Wildman–Crippen MR) is 75.0 cm³/mol. The molecule has 8 heteroatoms. The number of halogens is 3. The standard InChI is InChI=1S/C14H12F3N3O2/c1-22-13(21)20-12-6-5-11(8-18-12)19-10-4-2-3-9(7-10)14(15,16)17/h2-8,19H,1H3,(H,18,20,21). The highest BCUT2D eigenvalue weighted by atomic mass is 19.4. The molecule has 2 rings (SSSR count). The Balaban J connectivity index is 2.09. The van der Waals surface area contributed by atoms with Gasteiger partial charge in [-0.3, -0.25) is 5.32 Å². The average Bonchev–Trinajstić information content (AvgIpc) is 2.48. The first-order valence-electron chi connectivity index (χ1n) is 6.14. The Labute approximate surface area is 124 Å². The van der Waals surface area contributed by atoms with Crippen LogP contribution in [0, 0.1) is 0 Å². The molecule has 0 saturated carbocycles. The van der Waals surface area contributed by atoms with Gasteiger partial charge in [-0.1, -0.05) is 6.07 Å². The maximum absolute atomic E-state index is 12.6. The smallest absolute Gasteiger partial charge is 0.416 e. The first kappa shape index (κ1) is 15.6. The molecule has 116 valence electrons. The third kappa shape index (κ3) is 4.11. The van der Waals surface area contributed by atoms with Crippen LogP contribution in [0.1, 0.15) is 5.56 Å². The van der Waals surface area contributed by atoms with E-state index in [1.165, 1.54) is 31.5 Å². The van der Waals surface area contributed by atoms with Crippen molar-refractivity contribution in [3.8, 4) is 0 Å². The Bertz CT molecular complexity index is 657. The lowest BCUT2D eigenvalue weighted by Gasteiger charge is -2.11. The van der Waals surface area contributed by atoms with Crippen molar-refractivity contribution in [1.29, 1.82) is 0 Å². The number of alkyl halides is 3. The summed E-state index contributed by atoms with van der Waals surface area (Å²) in [6.07, 6.45) is -3.68. The van der Waals surface area contributed by atoms with Gasteiger partial charge in [0.25, 0.3) is 0 Å². The van der Waals surface area contributed by atoms with Crippen LogP contribution in [0.25, 0.3) is 0 Å². The van der Waals surface area contributed by atoms with Gasteiger partial charge in [0.1, 0.15) is 5.82 Å². The summed E-state index contributed by atoms with van der Waals surface area (Å²) in [5.41, 5.74) is 0.0227. The lowest BCUT2D eigenvalue weighted by atomic mass is 10.2. The fourth-order valence-electron chi connectivity index (χ4n) is 1.64. The Morgan fingerprint density at radius 3 is 2.55 bits per heavy atom.